The number of carbonyl (C=O) groups is 2. The first kappa shape index (κ1) is 14.4. The lowest BCUT2D eigenvalue weighted by atomic mass is 10.00. The van der Waals surface area contributed by atoms with Crippen LogP contribution in [0.15, 0.2) is 30.3 Å². The van der Waals surface area contributed by atoms with E-state index in [2.05, 4.69) is 12.2 Å². The number of rotatable bonds is 8. The van der Waals surface area contributed by atoms with Crippen molar-refractivity contribution in [3.63, 3.8) is 0 Å². The molecule has 0 aliphatic rings. The van der Waals surface area contributed by atoms with Crippen LogP contribution in [0.4, 0.5) is 0 Å². The van der Waals surface area contributed by atoms with Crippen molar-refractivity contribution in [2.75, 3.05) is 6.54 Å². The van der Waals surface area contributed by atoms with Crippen LogP contribution >= 0.6 is 0 Å². The Bertz CT molecular complexity index is 362. The Morgan fingerprint density at radius 1 is 1.22 bits per heavy atom. The summed E-state index contributed by atoms with van der Waals surface area (Å²) in [5, 5.41) is 2.82. The van der Waals surface area contributed by atoms with Gasteiger partial charge in [0.2, 0.25) is 5.91 Å². The normalized spacial score (nSPS) is 11.8. The molecule has 18 heavy (non-hydrogen) atoms. The van der Waals surface area contributed by atoms with Gasteiger partial charge >= 0.3 is 0 Å². The van der Waals surface area contributed by atoms with Gasteiger partial charge in [0.15, 0.2) is 0 Å². The molecule has 0 spiro atoms. The second kappa shape index (κ2) is 8.45. The van der Waals surface area contributed by atoms with E-state index < -0.39 is 5.92 Å². The molecule has 0 heterocycles. The van der Waals surface area contributed by atoms with Crippen molar-refractivity contribution in [1.82, 2.24) is 5.32 Å². The van der Waals surface area contributed by atoms with Gasteiger partial charge in [-0.15, -0.1) is 0 Å². The third-order valence-corrected chi connectivity index (χ3v) is 2.91. The Kier molecular flexibility index (Phi) is 6.77. The molecule has 0 aromatic heterocycles. The number of carbonyl (C=O) groups excluding carboxylic acids is 2. The molecule has 0 bridgehead atoms. The maximum absolute atomic E-state index is 11.9. The summed E-state index contributed by atoms with van der Waals surface area (Å²) in [6, 6.07) is 9.14. The number of hydrogen-bond acceptors (Lipinski definition) is 2. The molecule has 1 aromatic carbocycles. The van der Waals surface area contributed by atoms with Crippen LogP contribution in [0, 0.1) is 0 Å². The van der Waals surface area contributed by atoms with Crippen molar-refractivity contribution in [3.05, 3.63) is 35.9 Å². The van der Waals surface area contributed by atoms with Gasteiger partial charge in [-0.25, -0.2) is 0 Å². The molecule has 98 valence electrons. The second-order valence-electron chi connectivity index (χ2n) is 4.38. The standard InChI is InChI=1S/C15H21NO2/c1-2-3-4-8-11-16-15(18)14(12-17)13-9-6-5-7-10-13/h5-7,9-10,12,14H,2-4,8,11H2,1H3,(H,16,18). The predicted octanol–water partition coefficient (Wildman–Crippen LogP) is 2.67. The molecule has 1 atom stereocenters. The maximum Gasteiger partial charge on any atom is 0.234 e. The quantitative estimate of drug-likeness (QED) is 0.436. The van der Waals surface area contributed by atoms with Gasteiger partial charge in [-0.2, -0.15) is 0 Å². The molecule has 3 nitrogen and oxygen atoms in total. The highest BCUT2D eigenvalue weighted by Crippen LogP contribution is 2.12. The zero-order valence-electron chi connectivity index (χ0n) is 10.9. The van der Waals surface area contributed by atoms with Gasteiger partial charge in [-0.3, -0.25) is 4.79 Å². The summed E-state index contributed by atoms with van der Waals surface area (Å²) in [4.78, 5) is 22.9. The summed E-state index contributed by atoms with van der Waals surface area (Å²) in [5.74, 6) is -0.884. The van der Waals surface area contributed by atoms with Crippen LogP contribution in [0.1, 0.15) is 44.1 Å². The average molecular weight is 247 g/mol. The molecule has 1 aromatic rings. The molecule has 1 N–H and O–H groups in total. The third kappa shape index (κ3) is 4.70. The Morgan fingerprint density at radius 3 is 2.56 bits per heavy atom. The molecule has 0 saturated carbocycles. The topological polar surface area (TPSA) is 46.2 Å². The summed E-state index contributed by atoms with van der Waals surface area (Å²) < 4.78 is 0. The monoisotopic (exact) mass is 247 g/mol. The van der Waals surface area contributed by atoms with E-state index in [-0.39, 0.29) is 5.91 Å². The van der Waals surface area contributed by atoms with Gasteiger partial charge in [0.05, 0.1) is 0 Å². The number of hydrogen-bond donors (Lipinski definition) is 1. The van der Waals surface area contributed by atoms with Crippen LogP contribution in [-0.2, 0) is 9.59 Å². The number of benzene rings is 1. The van der Waals surface area contributed by atoms with Gasteiger partial charge in [-0.1, -0.05) is 56.5 Å². The fourth-order valence-electron chi connectivity index (χ4n) is 1.83. The number of unbranched alkanes of at least 4 members (excludes halogenated alkanes) is 3. The van der Waals surface area contributed by atoms with Crippen molar-refractivity contribution in [3.8, 4) is 0 Å². The largest absolute Gasteiger partial charge is 0.355 e. The van der Waals surface area contributed by atoms with E-state index in [0.717, 1.165) is 18.4 Å². The molecule has 0 radical (unpaired) electrons. The van der Waals surface area contributed by atoms with Crippen molar-refractivity contribution >= 4 is 12.2 Å². The summed E-state index contributed by atoms with van der Waals surface area (Å²) >= 11 is 0. The second-order valence-corrected chi connectivity index (χ2v) is 4.38. The lowest BCUT2D eigenvalue weighted by Gasteiger charge is -2.11. The van der Waals surface area contributed by atoms with Gasteiger partial charge < -0.3 is 10.1 Å². The Balaban J connectivity index is 2.41. The highest BCUT2D eigenvalue weighted by Gasteiger charge is 2.18. The van der Waals surface area contributed by atoms with Crippen molar-refractivity contribution in [2.24, 2.45) is 0 Å². The first-order chi connectivity index (χ1) is 8.79. The molecule has 1 rings (SSSR count). The highest BCUT2D eigenvalue weighted by atomic mass is 16.2. The minimum Gasteiger partial charge on any atom is -0.355 e. The van der Waals surface area contributed by atoms with E-state index in [1.165, 1.54) is 12.8 Å². The first-order valence-electron chi connectivity index (χ1n) is 6.57. The molecule has 0 saturated heterocycles. The molecular weight excluding hydrogens is 226 g/mol. The van der Waals surface area contributed by atoms with Crippen LogP contribution in [0.3, 0.4) is 0 Å². The van der Waals surface area contributed by atoms with Crippen LogP contribution in [-0.4, -0.2) is 18.7 Å². The van der Waals surface area contributed by atoms with Gasteiger partial charge in [0, 0.05) is 6.54 Å². The van der Waals surface area contributed by atoms with Gasteiger partial charge in [0.25, 0.3) is 0 Å². The van der Waals surface area contributed by atoms with E-state index in [0.29, 0.717) is 12.8 Å². The van der Waals surface area contributed by atoms with E-state index >= 15 is 0 Å². The molecule has 0 fully saturated rings. The van der Waals surface area contributed by atoms with Crippen LogP contribution in [0.2, 0.25) is 0 Å². The average Bonchev–Trinajstić information content (AvgIpc) is 2.40. The zero-order valence-corrected chi connectivity index (χ0v) is 10.9. The van der Waals surface area contributed by atoms with Crippen molar-refractivity contribution in [2.45, 2.75) is 38.5 Å². The van der Waals surface area contributed by atoms with Crippen LogP contribution in [0.25, 0.3) is 0 Å². The summed E-state index contributed by atoms with van der Waals surface area (Å²) in [6.07, 6.45) is 5.16. The van der Waals surface area contributed by atoms with Gasteiger partial charge in [0.1, 0.15) is 12.2 Å². The smallest absolute Gasteiger partial charge is 0.234 e. The third-order valence-electron chi connectivity index (χ3n) is 2.91. The van der Waals surface area contributed by atoms with Crippen molar-refractivity contribution < 1.29 is 9.59 Å². The fourth-order valence-corrected chi connectivity index (χ4v) is 1.83. The lowest BCUT2D eigenvalue weighted by molar-refractivity contribution is -0.125. The highest BCUT2D eigenvalue weighted by molar-refractivity contribution is 5.97. The van der Waals surface area contributed by atoms with E-state index in [1.807, 2.05) is 18.2 Å². The fraction of sp³-hybridized carbons (Fsp3) is 0.467. The summed E-state index contributed by atoms with van der Waals surface area (Å²) in [6.45, 7) is 2.80. The van der Waals surface area contributed by atoms with Crippen molar-refractivity contribution in [1.29, 1.82) is 0 Å². The van der Waals surface area contributed by atoms with Crippen LogP contribution in [0.5, 0.6) is 0 Å². The lowest BCUT2D eigenvalue weighted by Crippen LogP contribution is -2.30. The first-order valence-corrected chi connectivity index (χ1v) is 6.57. The van der Waals surface area contributed by atoms with E-state index in [1.54, 1.807) is 12.1 Å². The van der Waals surface area contributed by atoms with E-state index in [9.17, 15) is 9.59 Å². The summed E-state index contributed by atoms with van der Waals surface area (Å²) in [5.41, 5.74) is 0.749. The van der Waals surface area contributed by atoms with Gasteiger partial charge in [-0.05, 0) is 12.0 Å². The minimum atomic E-state index is -0.683. The Morgan fingerprint density at radius 2 is 1.94 bits per heavy atom. The number of amides is 1. The molecule has 1 unspecified atom stereocenters. The number of nitrogens with one attached hydrogen (secondary N) is 1. The van der Waals surface area contributed by atoms with E-state index in [4.69, 9.17) is 0 Å². The molecule has 0 aliphatic heterocycles. The molecule has 3 heteroatoms. The molecular formula is C15H21NO2. The zero-order chi connectivity index (χ0) is 13.2. The maximum atomic E-state index is 11.9. The molecule has 1 amide bonds. The predicted molar refractivity (Wildman–Crippen MR) is 72.4 cm³/mol. The Hall–Kier alpha value is -1.64. The van der Waals surface area contributed by atoms with Crippen LogP contribution < -0.4 is 5.32 Å². The SMILES string of the molecule is CCCCCCNC(=O)C(C=O)c1ccccc1. The number of aldehydes is 1. The molecule has 0 aliphatic carbocycles. The Labute approximate surface area is 109 Å². The minimum absolute atomic E-state index is 0.201. The summed E-state index contributed by atoms with van der Waals surface area (Å²) in [7, 11) is 0.